The lowest BCUT2D eigenvalue weighted by Gasteiger charge is -2.14. The second kappa shape index (κ2) is 12.3. The van der Waals surface area contributed by atoms with Gasteiger partial charge in [-0.15, -0.1) is 24.0 Å². The highest BCUT2D eigenvalue weighted by atomic mass is 127. The number of benzene rings is 1. The van der Waals surface area contributed by atoms with Gasteiger partial charge in [-0.2, -0.15) is 4.98 Å². The van der Waals surface area contributed by atoms with E-state index < -0.39 is 0 Å². The molecule has 0 saturated carbocycles. The van der Waals surface area contributed by atoms with Gasteiger partial charge in [0.25, 0.3) is 0 Å². The summed E-state index contributed by atoms with van der Waals surface area (Å²) < 4.78 is 10.8. The van der Waals surface area contributed by atoms with Crippen LogP contribution in [0.15, 0.2) is 46.4 Å². The highest BCUT2D eigenvalue weighted by molar-refractivity contribution is 14.0. The Bertz CT molecular complexity index is 702. The van der Waals surface area contributed by atoms with Gasteiger partial charge in [-0.05, 0) is 19.4 Å². The third kappa shape index (κ3) is 7.42. The summed E-state index contributed by atoms with van der Waals surface area (Å²) in [6.45, 7) is 7.35. The van der Waals surface area contributed by atoms with Crippen molar-refractivity contribution in [2.45, 2.75) is 26.3 Å². The van der Waals surface area contributed by atoms with E-state index in [1.165, 1.54) is 0 Å². The quantitative estimate of drug-likeness (QED) is 0.192. The van der Waals surface area contributed by atoms with Crippen molar-refractivity contribution in [3.63, 3.8) is 0 Å². The van der Waals surface area contributed by atoms with Gasteiger partial charge in [0, 0.05) is 32.1 Å². The van der Waals surface area contributed by atoms with Crippen LogP contribution in [0.4, 0.5) is 0 Å². The van der Waals surface area contributed by atoms with E-state index in [0.29, 0.717) is 24.9 Å². The maximum atomic E-state index is 5.66. The third-order valence-corrected chi connectivity index (χ3v) is 3.43. The Morgan fingerprint density at radius 2 is 2.15 bits per heavy atom. The average molecular weight is 471 g/mol. The van der Waals surface area contributed by atoms with E-state index in [0.717, 1.165) is 36.7 Å². The molecule has 0 aliphatic carbocycles. The van der Waals surface area contributed by atoms with Crippen LogP contribution < -0.4 is 15.4 Å². The van der Waals surface area contributed by atoms with Gasteiger partial charge in [-0.1, -0.05) is 36.0 Å². The number of aryl methyl sites for hydroxylation is 2. The summed E-state index contributed by atoms with van der Waals surface area (Å²) >= 11 is 0. The number of halogens is 1. The molecule has 1 aromatic heterocycles. The van der Waals surface area contributed by atoms with Crippen LogP contribution in [-0.2, 0) is 13.0 Å². The fraction of sp³-hybridized carbons (Fsp3) is 0.389. The van der Waals surface area contributed by atoms with Gasteiger partial charge in [0.15, 0.2) is 11.8 Å². The van der Waals surface area contributed by atoms with Gasteiger partial charge in [0.05, 0.1) is 0 Å². The molecule has 0 saturated heterocycles. The molecule has 1 aromatic carbocycles. The second-order valence-corrected chi connectivity index (χ2v) is 5.40. The van der Waals surface area contributed by atoms with Crippen LogP contribution in [0.3, 0.4) is 0 Å². The lowest BCUT2D eigenvalue weighted by Crippen LogP contribution is -2.37. The first kappa shape index (κ1) is 21.9. The number of nitrogens with one attached hydrogen (secondary N) is 2. The summed E-state index contributed by atoms with van der Waals surface area (Å²) in [7, 11) is 1.75. The number of hydrogen-bond acceptors (Lipinski definition) is 5. The highest BCUT2D eigenvalue weighted by Gasteiger charge is 2.05. The minimum absolute atomic E-state index is 0. The van der Waals surface area contributed by atoms with Gasteiger partial charge < -0.3 is 19.9 Å². The first-order valence-electron chi connectivity index (χ1n) is 8.28. The Labute approximate surface area is 171 Å². The van der Waals surface area contributed by atoms with Crippen molar-refractivity contribution >= 4 is 29.9 Å². The van der Waals surface area contributed by atoms with Gasteiger partial charge >= 0.3 is 0 Å². The maximum Gasteiger partial charge on any atom is 0.226 e. The van der Waals surface area contributed by atoms with Crippen LogP contribution in [0, 0.1) is 6.92 Å². The first-order valence-corrected chi connectivity index (χ1v) is 8.28. The molecule has 0 atom stereocenters. The molecule has 2 rings (SSSR count). The third-order valence-electron chi connectivity index (χ3n) is 3.43. The largest absolute Gasteiger partial charge is 0.489 e. The molecule has 0 amide bonds. The molecule has 0 unspecified atom stereocenters. The van der Waals surface area contributed by atoms with Crippen molar-refractivity contribution in [1.29, 1.82) is 0 Å². The van der Waals surface area contributed by atoms with Gasteiger partial charge in [-0.25, -0.2) is 0 Å². The number of rotatable bonds is 9. The van der Waals surface area contributed by atoms with E-state index in [-0.39, 0.29) is 24.0 Å². The van der Waals surface area contributed by atoms with Crippen LogP contribution in [-0.4, -0.2) is 36.3 Å². The fourth-order valence-electron chi connectivity index (χ4n) is 2.23. The Morgan fingerprint density at radius 3 is 2.85 bits per heavy atom. The van der Waals surface area contributed by atoms with E-state index in [9.17, 15) is 0 Å². The zero-order valence-electron chi connectivity index (χ0n) is 15.2. The Kier molecular flexibility index (Phi) is 10.4. The van der Waals surface area contributed by atoms with Crippen LogP contribution in [0.5, 0.6) is 5.75 Å². The molecule has 0 radical (unpaired) electrons. The van der Waals surface area contributed by atoms with E-state index in [4.69, 9.17) is 9.26 Å². The summed E-state index contributed by atoms with van der Waals surface area (Å²) in [6, 6.07) is 7.91. The lowest BCUT2D eigenvalue weighted by molar-refractivity contribution is 0.358. The smallest absolute Gasteiger partial charge is 0.226 e. The Balaban J connectivity index is 0.00000338. The molecule has 0 spiro atoms. The van der Waals surface area contributed by atoms with Crippen LogP contribution in [0.1, 0.15) is 23.7 Å². The molecule has 0 aliphatic rings. The predicted octanol–water partition coefficient (Wildman–Crippen LogP) is 2.86. The van der Waals surface area contributed by atoms with Crippen molar-refractivity contribution < 1.29 is 9.26 Å². The highest BCUT2D eigenvalue weighted by Crippen LogP contribution is 2.17. The zero-order chi connectivity index (χ0) is 17.9. The minimum Gasteiger partial charge on any atom is -0.489 e. The summed E-state index contributed by atoms with van der Waals surface area (Å²) in [5.41, 5.74) is 1.06. The molecule has 8 heteroatoms. The summed E-state index contributed by atoms with van der Waals surface area (Å²) in [4.78, 5) is 8.41. The zero-order valence-corrected chi connectivity index (χ0v) is 17.5. The van der Waals surface area contributed by atoms with Crippen molar-refractivity contribution in [3.05, 3.63) is 54.2 Å². The van der Waals surface area contributed by atoms with Crippen LogP contribution in [0.25, 0.3) is 0 Å². The van der Waals surface area contributed by atoms with E-state index in [1.807, 2.05) is 31.2 Å². The summed E-state index contributed by atoms with van der Waals surface area (Å²) in [5, 5.41) is 10.3. The first-order chi connectivity index (χ1) is 12.2. The number of aromatic nitrogens is 2. The van der Waals surface area contributed by atoms with E-state index in [1.54, 1.807) is 13.1 Å². The maximum absolute atomic E-state index is 5.66. The molecule has 7 nitrogen and oxygen atoms in total. The Hall–Kier alpha value is -2.10. The van der Waals surface area contributed by atoms with E-state index >= 15 is 0 Å². The molecule has 2 N–H and O–H groups in total. The molecule has 26 heavy (non-hydrogen) atoms. The summed E-state index contributed by atoms with van der Waals surface area (Å²) in [6.07, 6.45) is 3.35. The van der Waals surface area contributed by atoms with Crippen molar-refractivity contribution in [1.82, 2.24) is 20.8 Å². The van der Waals surface area contributed by atoms with Crippen LogP contribution in [0.2, 0.25) is 0 Å². The van der Waals surface area contributed by atoms with E-state index in [2.05, 4.69) is 32.3 Å². The molecule has 0 bridgehead atoms. The van der Waals surface area contributed by atoms with Crippen LogP contribution >= 0.6 is 24.0 Å². The molecule has 2 aromatic rings. The number of hydrogen-bond donors (Lipinski definition) is 2. The molecule has 0 fully saturated rings. The van der Waals surface area contributed by atoms with Gasteiger partial charge in [0.2, 0.25) is 5.89 Å². The number of nitrogens with zero attached hydrogens (tertiary/aromatic N) is 3. The SMILES string of the molecule is C=CCOc1ccccc1CNC(=NC)NCCCc1nc(C)no1.I. The topological polar surface area (TPSA) is 84.6 Å². The standard InChI is InChI=1S/C18H25N5O2.HI/c1-4-12-24-16-9-6-5-8-15(16)13-21-18(19-3)20-11-7-10-17-22-14(2)23-25-17;/h4-6,8-9H,1,7,10-13H2,2-3H3,(H2,19,20,21);1H. The Morgan fingerprint density at radius 1 is 1.35 bits per heavy atom. The molecule has 0 aliphatic heterocycles. The van der Waals surface area contributed by atoms with Crippen molar-refractivity contribution in [3.8, 4) is 5.75 Å². The fourth-order valence-corrected chi connectivity index (χ4v) is 2.23. The predicted molar refractivity (Wildman–Crippen MR) is 113 cm³/mol. The van der Waals surface area contributed by atoms with Crippen molar-refractivity contribution in [2.24, 2.45) is 4.99 Å². The summed E-state index contributed by atoms with van der Waals surface area (Å²) in [5.74, 6) is 2.91. The monoisotopic (exact) mass is 471 g/mol. The number of aliphatic imine (C=N–C) groups is 1. The minimum atomic E-state index is 0. The molecular weight excluding hydrogens is 445 g/mol. The lowest BCUT2D eigenvalue weighted by atomic mass is 10.2. The average Bonchev–Trinajstić information content (AvgIpc) is 3.05. The number of guanidine groups is 1. The molecule has 142 valence electrons. The van der Waals surface area contributed by atoms with Gasteiger partial charge in [0.1, 0.15) is 12.4 Å². The van der Waals surface area contributed by atoms with Gasteiger partial charge in [-0.3, -0.25) is 4.99 Å². The normalized spacial score (nSPS) is 10.8. The molecular formula is C18H26IN5O2. The number of ether oxygens (including phenoxy) is 1. The second-order valence-electron chi connectivity index (χ2n) is 5.40. The van der Waals surface area contributed by atoms with Crippen molar-refractivity contribution in [2.75, 3.05) is 20.2 Å². The number of para-hydroxylation sites is 1. The molecule has 1 heterocycles.